The molecule has 0 saturated carbocycles. The topological polar surface area (TPSA) is 78.4 Å². The van der Waals surface area contributed by atoms with Crippen molar-refractivity contribution in [3.8, 4) is 11.9 Å². The molecule has 0 saturated heterocycles. The molecule has 0 fully saturated rings. The van der Waals surface area contributed by atoms with E-state index in [1.54, 1.807) is 32.0 Å². The summed E-state index contributed by atoms with van der Waals surface area (Å²) >= 11 is 12.1. The summed E-state index contributed by atoms with van der Waals surface area (Å²) in [5, 5.41) is 20.6. The van der Waals surface area contributed by atoms with Gasteiger partial charge < -0.3 is 5.11 Å². The Labute approximate surface area is 155 Å². The molecule has 0 bridgehead atoms. The highest BCUT2D eigenvalue weighted by Crippen LogP contribution is 2.32. The molecule has 0 aliphatic heterocycles. The van der Waals surface area contributed by atoms with Crippen LogP contribution in [0, 0.1) is 18.3 Å². The SMILES string of the molecule is CCC(C)n1c(O)c(C=Nc2cccc(Cl)c2Cl)c(C)c(C#N)c1=O. The first-order valence-corrected chi connectivity index (χ1v) is 8.45. The van der Waals surface area contributed by atoms with Crippen LogP contribution in [-0.4, -0.2) is 15.9 Å². The average Bonchev–Trinajstić information content (AvgIpc) is 2.58. The minimum atomic E-state index is -0.509. The lowest BCUT2D eigenvalue weighted by molar-refractivity contribution is 0.372. The van der Waals surface area contributed by atoms with Crippen molar-refractivity contribution in [1.82, 2.24) is 4.57 Å². The van der Waals surface area contributed by atoms with E-state index in [4.69, 9.17) is 23.2 Å². The Morgan fingerprint density at radius 3 is 2.72 bits per heavy atom. The molecule has 0 aliphatic carbocycles. The molecule has 0 radical (unpaired) electrons. The molecule has 2 rings (SSSR count). The summed E-state index contributed by atoms with van der Waals surface area (Å²) in [5.74, 6) is -0.224. The van der Waals surface area contributed by atoms with Crippen molar-refractivity contribution in [2.45, 2.75) is 33.2 Å². The zero-order valence-corrected chi connectivity index (χ0v) is 15.6. The van der Waals surface area contributed by atoms with Gasteiger partial charge in [0.2, 0.25) is 5.88 Å². The normalized spacial score (nSPS) is 12.3. The van der Waals surface area contributed by atoms with Crippen LogP contribution in [0.4, 0.5) is 5.69 Å². The summed E-state index contributed by atoms with van der Waals surface area (Å²) in [4.78, 5) is 16.7. The Kier molecular flexibility index (Phi) is 5.89. The fourth-order valence-electron chi connectivity index (χ4n) is 2.41. The third-order valence-electron chi connectivity index (χ3n) is 4.09. The van der Waals surface area contributed by atoms with E-state index < -0.39 is 5.56 Å². The summed E-state index contributed by atoms with van der Waals surface area (Å²) < 4.78 is 1.21. The van der Waals surface area contributed by atoms with Crippen LogP contribution in [0.2, 0.25) is 10.0 Å². The summed E-state index contributed by atoms with van der Waals surface area (Å²) in [7, 11) is 0. The summed E-state index contributed by atoms with van der Waals surface area (Å²) in [6, 6.07) is 6.67. The number of hydrogen-bond acceptors (Lipinski definition) is 4. The number of benzene rings is 1. The summed E-state index contributed by atoms with van der Waals surface area (Å²) in [6.07, 6.45) is 2.01. The van der Waals surface area contributed by atoms with Gasteiger partial charge in [-0.15, -0.1) is 0 Å². The number of rotatable bonds is 4. The number of nitriles is 1. The lowest BCUT2D eigenvalue weighted by Gasteiger charge is -2.18. The monoisotopic (exact) mass is 377 g/mol. The molecule has 7 heteroatoms. The number of aliphatic imine (C=N–C) groups is 1. The first-order chi connectivity index (χ1) is 11.8. The van der Waals surface area contributed by atoms with E-state index in [1.807, 2.05) is 13.0 Å². The van der Waals surface area contributed by atoms with Gasteiger partial charge in [0.1, 0.15) is 11.6 Å². The molecule has 5 nitrogen and oxygen atoms in total. The van der Waals surface area contributed by atoms with Crippen LogP contribution in [0.3, 0.4) is 0 Å². The van der Waals surface area contributed by atoms with Gasteiger partial charge in [-0.1, -0.05) is 36.2 Å². The molecule has 1 aromatic heterocycles. The van der Waals surface area contributed by atoms with Crippen LogP contribution < -0.4 is 5.56 Å². The minimum Gasteiger partial charge on any atom is -0.494 e. The highest BCUT2D eigenvalue weighted by atomic mass is 35.5. The van der Waals surface area contributed by atoms with Crippen molar-refractivity contribution in [3.05, 3.63) is 55.3 Å². The molecule has 1 aromatic carbocycles. The fourth-order valence-corrected chi connectivity index (χ4v) is 2.76. The van der Waals surface area contributed by atoms with Gasteiger partial charge >= 0.3 is 0 Å². The van der Waals surface area contributed by atoms with Crippen molar-refractivity contribution in [2.75, 3.05) is 0 Å². The first kappa shape index (κ1) is 19.0. The maximum atomic E-state index is 12.5. The van der Waals surface area contributed by atoms with Gasteiger partial charge in [-0.2, -0.15) is 5.26 Å². The second-order valence-corrected chi connectivity index (χ2v) is 6.40. The van der Waals surface area contributed by atoms with E-state index in [-0.39, 0.29) is 22.5 Å². The average molecular weight is 378 g/mol. The Morgan fingerprint density at radius 1 is 1.44 bits per heavy atom. The molecule has 1 atom stereocenters. The van der Waals surface area contributed by atoms with Crippen LogP contribution in [0.1, 0.15) is 43.0 Å². The molecule has 2 aromatic rings. The molecule has 0 aliphatic rings. The molecule has 25 heavy (non-hydrogen) atoms. The maximum absolute atomic E-state index is 12.5. The molecular weight excluding hydrogens is 361 g/mol. The zero-order valence-electron chi connectivity index (χ0n) is 14.0. The van der Waals surface area contributed by atoms with E-state index in [1.165, 1.54) is 10.8 Å². The molecule has 1 N–H and O–H groups in total. The Bertz CT molecular complexity index is 943. The predicted molar refractivity (Wildman–Crippen MR) is 101 cm³/mol. The molecule has 1 heterocycles. The van der Waals surface area contributed by atoms with Crippen molar-refractivity contribution in [2.24, 2.45) is 4.99 Å². The largest absolute Gasteiger partial charge is 0.494 e. The molecule has 130 valence electrons. The van der Waals surface area contributed by atoms with E-state index in [0.29, 0.717) is 28.3 Å². The number of hydrogen-bond donors (Lipinski definition) is 1. The number of halogens is 2. The van der Waals surface area contributed by atoms with Gasteiger partial charge in [-0.3, -0.25) is 14.4 Å². The smallest absolute Gasteiger partial charge is 0.271 e. The molecule has 1 unspecified atom stereocenters. The minimum absolute atomic E-state index is 0.0169. The van der Waals surface area contributed by atoms with Gasteiger partial charge in [0, 0.05) is 12.3 Å². The lowest BCUT2D eigenvalue weighted by atomic mass is 10.0. The van der Waals surface area contributed by atoms with E-state index in [9.17, 15) is 15.2 Å². The van der Waals surface area contributed by atoms with Crippen LogP contribution in [0.15, 0.2) is 28.0 Å². The predicted octanol–water partition coefficient (Wildman–Crippen LogP) is 4.76. The van der Waals surface area contributed by atoms with Crippen molar-refractivity contribution in [1.29, 1.82) is 5.26 Å². The quantitative estimate of drug-likeness (QED) is 0.779. The molecular formula is C18H17Cl2N3O2. The van der Waals surface area contributed by atoms with Crippen LogP contribution >= 0.6 is 23.2 Å². The van der Waals surface area contributed by atoms with Gasteiger partial charge in [0.25, 0.3) is 5.56 Å². The highest BCUT2D eigenvalue weighted by Gasteiger charge is 2.20. The number of aromatic nitrogens is 1. The van der Waals surface area contributed by atoms with E-state index in [2.05, 4.69) is 4.99 Å². The third-order valence-corrected chi connectivity index (χ3v) is 4.90. The summed E-state index contributed by atoms with van der Waals surface area (Å²) in [5.41, 5.74) is 0.563. The van der Waals surface area contributed by atoms with E-state index in [0.717, 1.165) is 0 Å². The van der Waals surface area contributed by atoms with Crippen LogP contribution in [0.25, 0.3) is 0 Å². The lowest BCUT2D eigenvalue weighted by Crippen LogP contribution is -2.27. The zero-order chi connectivity index (χ0) is 18.7. The second-order valence-electron chi connectivity index (χ2n) is 5.61. The Hall–Kier alpha value is -2.29. The Balaban J connectivity index is 2.69. The molecule has 0 amide bonds. The highest BCUT2D eigenvalue weighted by molar-refractivity contribution is 6.43. The summed E-state index contributed by atoms with van der Waals surface area (Å²) in [6.45, 7) is 5.29. The van der Waals surface area contributed by atoms with E-state index >= 15 is 0 Å². The Morgan fingerprint density at radius 2 is 2.12 bits per heavy atom. The van der Waals surface area contributed by atoms with Crippen LogP contribution in [0.5, 0.6) is 5.88 Å². The molecule has 0 spiro atoms. The van der Waals surface area contributed by atoms with Gasteiger partial charge in [-0.05, 0) is 38.0 Å². The third kappa shape index (κ3) is 3.55. The van der Waals surface area contributed by atoms with Gasteiger partial charge in [-0.25, -0.2) is 0 Å². The standard InChI is InChI=1S/C18H17Cl2N3O2/c1-4-10(2)23-17(24)12(8-21)11(3)13(18(23)25)9-22-15-7-5-6-14(19)16(15)20/h5-7,9-10,25H,4H2,1-3H3. The van der Waals surface area contributed by atoms with Crippen molar-refractivity contribution in [3.63, 3.8) is 0 Å². The van der Waals surface area contributed by atoms with Crippen molar-refractivity contribution >= 4 is 35.1 Å². The van der Waals surface area contributed by atoms with Gasteiger partial charge in [0.05, 0.1) is 21.3 Å². The second kappa shape index (κ2) is 7.73. The van der Waals surface area contributed by atoms with Gasteiger partial charge in [0.15, 0.2) is 0 Å². The maximum Gasteiger partial charge on any atom is 0.271 e. The number of aromatic hydroxyl groups is 1. The fraction of sp³-hybridized carbons (Fsp3) is 0.278. The number of nitrogens with zero attached hydrogens (tertiary/aromatic N) is 3. The van der Waals surface area contributed by atoms with Crippen molar-refractivity contribution < 1.29 is 5.11 Å². The first-order valence-electron chi connectivity index (χ1n) is 7.69. The van der Waals surface area contributed by atoms with Crippen LogP contribution in [-0.2, 0) is 0 Å². The number of pyridine rings is 1.